The van der Waals surface area contributed by atoms with Crippen molar-refractivity contribution in [2.45, 2.75) is 84.0 Å². The summed E-state index contributed by atoms with van der Waals surface area (Å²) in [5, 5.41) is 27.2. The van der Waals surface area contributed by atoms with Crippen LogP contribution in [-0.2, 0) is 19.3 Å². The largest absolute Gasteiger partial charge is 0.478 e. The number of halogens is 3. The Balaban J connectivity index is 0.000000223. The molecule has 0 unspecified atom stereocenters. The molecule has 0 bridgehead atoms. The van der Waals surface area contributed by atoms with E-state index >= 15 is 0 Å². The van der Waals surface area contributed by atoms with Crippen molar-refractivity contribution in [2.75, 3.05) is 36.9 Å². The number of benzene rings is 1. The Hall–Kier alpha value is -4.23. The van der Waals surface area contributed by atoms with Gasteiger partial charge in [0, 0.05) is 56.1 Å². The van der Waals surface area contributed by atoms with Crippen molar-refractivity contribution in [1.82, 2.24) is 25.1 Å². The van der Waals surface area contributed by atoms with E-state index in [1.165, 1.54) is 68.5 Å². The van der Waals surface area contributed by atoms with E-state index in [2.05, 4.69) is 45.5 Å². The van der Waals surface area contributed by atoms with E-state index in [4.69, 9.17) is 10.8 Å². The number of aliphatic hydroxyl groups excluding tert-OH is 1. The van der Waals surface area contributed by atoms with Crippen LogP contribution in [-0.4, -0.2) is 62.2 Å². The topological polar surface area (TPSA) is 142 Å². The Morgan fingerprint density at radius 3 is 2.39 bits per heavy atom. The lowest BCUT2D eigenvalue weighted by Crippen LogP contribution is -2.21. The number of alkyl halides is 3. The molecule has 5 rings (SSSR count). The van der Waals surface area contributed by atoms with Crippen LogP contribution in [0.4, 0.5) is 24.8 Å². The van der Waals surface area contributed by atoms with Gasteiger partial charge in [-0.05, 0) is 54.1 Å². The number of hydrogen-bond acceptors (Lipinski definition) is 8. The average Bonchev–Trinajstić information content (AvgIpc) is 3.75. The third kappa shape index (κ3) is 11.4. The number of nitrogens with zero attached hydrogens (tertiary/aromatic N) is 5. The van der Waals surface area contributed by atoms with Gasteiger partial charge in [-0.2, -0.15) is 18.3 Å². The number of anilines is 2. The second-order valence-corrected chi connectivity index (χ2v) is 12.6. The number of hydrogen-bond donors (Lipinski definition) is 4. The molecule has 4 aromatic rings. The Labute approximate surface area is 285 Å². The molecule has 1 saturated heterocycles. The van der Waals surface area contributed by atoms with Gasteiger partial charge in [0.15, 0.2) is 5.69 Å². The highest BCUT2D eigenvalue weighted by atomic mass is 19.4. The molecule has 1 aliphatic rings. The van der Waals surface area contributed by atoms with Crippen LogP contribution >= 0.6 is 0 Å². The minimum Gasteiger partial charge on any atom is -0.478 e. The fourth-order valence-corrected chi connectivity index (χ4v) is 5.92. The number of pyridine rings is 2. The van der Waals surface area contributed by atoms with Gasteiger partial charge in [0.1, 0.15) is 17.2 Å². The summed E-state index contributed by atoms with van der Waals surface area (Å²) in [6.07, 6.45) is 11.2. The Morgan fingerprint density at radius 1 is 1.02 bits per heavy atom. The number of nitrogens with two attached hydrogens (primary N) is 1. The molecule has 13 heteroatoms. The van der Waals surface area contributed by atoms with Gasteiger partial charge in [-0.25, -0.2) is 14.8 Å². The van der Waals surface area contributed by atoms with Crippen LogP contribution in [0.3, 0.4) is 0 Å². The molecule has 49 heavy (non-hydrogen) atoms. The monoisotopic (exact) mass is 683 g/mol. The van der Waals surface area contributed by atoms with Crippen LogP contribution in [0.15, 0.2) is 55.0 Å². The second kappa shape index (κ2) is 18.5. The number of aromatic nitrogens is 4. The van der Waals surface area contributed by atoms with Gasteiger partial charge < -0.3 is 26.2 Å². The van der Waals surface area contributed by atoms with Crippen molar-refractivity contribution in [1.29, 1.82) is 0 Å². The van der Waals surface area contributed by atoms with Crippen molar-refractivity contribution in [2.24, 2.45) is 5.92 Å². The summed E-state index contributed by atoms with van der Waals surface area (Å²) in [5.74, 6) is -0.117. The highest BCUT2D eigenvalue weighted by molar-refractivity contribution is 5.91. The number of nitrogen functional groups attached to an aromatic ring is 1. The number of rotatable bonds is 16. The first-order valence-electron chi connectivity index (χ1n) is 17.1. The standard InChI is InChI=1S/C20H31N3.C16H17F3N4O3/c1-2-3-4-5-6-7-8-9-13-22-16-17-10-11-19-18(15-17)12-14-23-20(19)21;17-16(18,19)14-12(15(25)26)8-23(21-14)7-10-1-2-13(20-5-10)22-4-3-11(6-22)9-24/h10-12,14-15,22H,2-9,13,16H2,1H3,(H2,21,23);1-2,5,8,11,24H,3-4,6-7,9H2,(H,25,26)/t;11-/m.1/s1. The fourth-order valence-electron chi connectivity index (χ4n) is 5.92. The predicted molar refractivity (Wildman–Crippen MR) is 185 cm³/mol. The number of carboxylic acids is 1. The first-order chi connectivity index (χ1) is 23.6. The maximum Gasteiger partial charge on any atom is 0.436 e. The van der Waals surface area contributed by atoms with Gasteiger partial charge in [-0.3, -0.25) is 4.68 Å². The van der Waals surface area contributed by atoms with Crippen LogP contribution in [0.1, 0.15) is 91.9 Å². The molecule has 1 aromatic carbocycles. The number of nitrogens with one attached hydrogen (secondary N) is 1. The van der Waals surface area contributed by atoms with Crippen molar-refractivity contribution in [3.8, 4) is 0 Å². The van der Waals surface area contributed by atoms with Gasteiger partial charge in [-0.1, -0.05) is 70.1 Å². The molecule has 4 heterocycles. The summed E-state index contributed by atoms with van der Waals surface area (Å²) in [4.78, 5) is 21.4. The number of fused-ring (bicyclic) bond motifs is 1. The number of aliphatic hydroxyl groups is 1. The zero-order chi connectivity index (χ0) is 35.2. The smallest absolute Gasteiger partial charge is 0.436 e. The lowest BCUT2D eigenvalue weighted by atomic mass is 10.1. The molecule has 266 valence electrons. The van der Waals surface area contributed by atoms with Crippen molar-refractivity contribution < 1.29 is 28.2 Å². The van der Waals surface area contributed by atoms with E-state index < -0.39 is 23.4 Å². The highest BCUT2D eigenvalue weighted by Gasteiger charge is 2.39. The minimum absolute atomic E-state index is 0.0249. The lowest BCUT2D eigenvalue weighted by Gasteiger charge is -2.17. The van der Waals surface area contributed by atoms with E-state index in [9.17, 15) is 23.1 Å². The average molecular weight is 684 g/mol. The maximum atomic E-state index is 12.9. The molecule has 1 aliphatic heterocycles. The number of carbonyl (C=O) groups is 1. The molecule has 0 spiro atoms. The van der Waals surface area contributed by atoms with Crippen LogP contribution in [0.5, 0.6) is 0 Å². The van der Waals surface area contributed by atoms with Crippen LogP contribution in [0, 0.1) is 5.92 Å². The molecular weight excluding hydrogens is 635 g/mol. The van der Waals surface area contributed by atoms with E-state index in [-0.39, 0.29) is 19.1 Å². The molecule has 1 fully saturated rings. The zero-order valence-corrected chi connectivity index (χ0v) is 28.1. The summed E-state index contributed by atoms with van der Waals surface area (Å²) < 4.78 is 39.6. The summed E-state index contributed by atoms with van der Waals surface area (Å²) in [6.45, 7) is 5.89. The summed E-state index contributed by atoms with van der Waals surface area (Å²) >= 11 is 0. The summed E-state index contributed by atoms with van der Waals surface area (Å²) in [5.41, 5.74) is 5.50. The Bertz CT molecular complexity index is 1610. The predicted octanol–water partition coefficient (Wildman–Crippen LogP) is 6.91. The van der Waals surface area contributed by atoms with Gasteiger partial charge in [0.25, 0.3) is 0 Å². The van der Waals surface area contributed by atoms with E-state index in [0.717, 1.165) is 48.1 Å². The molecule has 0 saturated carbocycles. The quantitative estimate of drug-likeness (QED) is 0.0927. The minimum atomic E-state index is -4.83. The summed E-state index contributed by atoms with van der Waals surface area (Å²) in [6, 6.07) is 11.9. The number of aromatic carboxylic acids is 1. The molecular formula is C36H48F3N7O3. The zero-order valence-electron chi connectivity index (χ0n) is 28.1. The van der Waals surface area contributed by atoms with Crippen LogP contribution in [0.25, 0.3) is 10.8 Å². The molecule has 0 amide bonds. The fraction of sp³-hybridized carbons (Fsp3) is 0.500. The van der Waals surface area contributed by atoms with Crippen LogP contribution in [0.2, 0.25) is 0 Å². The SMILES string of the molecule is CCCCCCCCCCNCc1ccc2c(N)nccc2c1.O=C(O)c1cn(Cc2ccc(N3CC[C@@H](CO)C3)nc2)nc1C(F)(F)F. The van der Waals surface area contributed by atoms with E-state index in [1.54, 1.807) is 18.3 Å². The molecule has 0 radical (unpaired) electrons. The maximum absolute atomic E-state index is 12.9. The first kappa shape index (κ1) is 37.6. The Morgan fingerprint density at radius 2 is 1.76 bits per heavy atom. The van der Waals surface area contributed by atoms with Gasteiger partial charge in [-0.15, -0.1) is 0 Å². The molecule has 5 N–H and O–H groups in total. The molecule has 0 aliphatic carbocycles. The van der Waals surface area contributed by atoms with Gasteiger partial charge in [0.05, 0.1) is 6.54 Å². The first-order valence-corrected chi connectivity index (χ1v) is 17.1. The number of unbranched alkanes of at least 4 members (excludes halogenated alkanes) is 7. The second-order valence-electron chi connectivity index (χ2n) is 12.6. The third-order valence-electron chi connectivity index (χ3n) is 8.68. The van der Waals surface area contributed by atoms with Crippen LogP contribution < -0.4 is 16.0 Å². The summed E-state index contributed by atoms with van der Waals surface area (Å²) in [7, 11) is 0. The normalized spacial score (nSPS) is 14.6. The van der Waals surface area contributed by atoms with Crippen molar-refractivity contribution in [3.05, 3.63) is 77.4 Å². The number of carboxylic acid groups (broad SMARTS) is 1. The van der Waals surface area contributed by atoms with Gasteiger partial charge >= 0.3 is 12.1 Å². The molecule has 10 nitrogen and oxygen atoms in total. The Kier molecular flexibility index (Phi) is 14.2. The van der Waals surface area contributed by atoms with Crippen molar-refractivity contribution in [3.63, 3.8) is 0 Å². The van der Waals surface area contributed by atoms with E-state index in [0.29, 0.717) is 17.9 Å². The lowest BCUT2D eigenvalue weighted by molar-refractivity contribution is -0.142. The van der Waals surface area contributed by atoms with Crippen molar-refractivity contribution >= 4 is 28.4 Å². The van der Waals surface area contributed by atoms with E-state index in [1.807, 2.05) is 11.0 Å². The molecule has 1 atom stereocenters. The van der Waals surface area contributed by atoms with Gasteiger partial charge in [0.2, 0.25) is 0 Å². The molecule has 3 aromatic heterocycles. The third-order valence-corrected chi connectivity index (χ3v) is 8.68. The highest BCUT2D eigenvalue weighted by Crippen LogP contribution is 2.31.